The van der Waals surface area contributed by atoms with Gasteiger partial charge in [-0.05, 0) is 37.5 Å². The van der Waals surface area contributed by atoms with Crippen molar-refractivity contribution in [3.8, 4) is 0 Å². The number of phosphoric ester groups is 2. The number of phosphoric acid groups is 2. The van der Waals surface area contributed by atoms with Crippen LogP contribution in [0, 0.1) is 11.8 Å². The number of rotatable bonds is 76. The molecule has 0 radical (unpaired) electrons. The highest BCUT2D eigenvalue weighted by molar-refractivity contribution is 7.47. The molecule has 0 aromatic heterocycles. The number of aliphatic hydroxyl groups is 1. The van der Waals surface area contributed by atoms with Crippen LogP contribution in [-0.4, -0.2) is 96.7 Å². The van der Waals surface area contributed by atoms with E-state index in [0.29, 0.717) is 25.7 Å². The average Bonchev–Trinajstić information content (AvgIpc) is 1.19. The minimum atomic E-state index is -4.96. The van der Waals surface area contributed by atoms with E-state index in [4.69, 9.17) is 37.0 Å². The zero-order valence-electron chi connectivity index (χ0n) is 62.7. The highest BCUT2D eigenvalue weighted by Gasteiger charge is 2.30. The van der Waals surface area contributed by atoms with E-state index in [-0.39, 0.29) is 25.7 Å². The molecule has 6 atom stereocenters. The Morgan fingerprint density at radius 1 is 0.302 bits per heavy atom. The summed E-state index contributed by atoms with van der Waals surface area (Å²) in [5.41, 5.74) is 0. The van der Waals surface area contributed by atoms with Crippen molar-refractivity contribution in [2.24, 2.45) is 11.8 Å². The van der Waals surface area contributed by atoms with Gasteiger partial charge in [0.1, 0.15) is 19.3 Å². The van der Waals surface area contributed by atoms with E-state index in [1.54, 1.807) is 0 Å². The maximum absolute atomic E-state index is 13.1. The SMILES string of the molecule is CCCCCCCCCCCCCCCCCCCCCCCC(=O)O[C@H](COC(=O)CCCCCCCCCCCC(C)C)COP(=O)(O)OC[C@@H](O)COP(=O)(O)OC[C@@H](COC(=O)CCCCCCCCCCCCC)OC(=O)CCCCCCCCCCC(C)CC. The van der Waals surface area contributed by atoms with Gasteiger partial charge in [0.15, 0.2) is 12.2 Å². The van der Waals surface area contributed by atoms with Crippen LogP contribution in [-0.2, 0) is 65.4 Å². The monoisotopic (exact) mass is 1410 g/mol. The number of unbranched alkanes of at least 4 members (excludes halogenated alkanes) is 45. The van der Waals surface area contributed by atoms with Crippen LogP contribution >= 0.6 is 15.6 Å². The lowest BCUT2D eigenvalue weighted by molar-refractivity contribution is -0.161. The van der Waals surface area contributed by atoms with Crippen LogP contribution in [0.3, 0.4) is 0 Å². The van der Waals surface area contributed by atoms with Crippen LogP contribution < -0.4 is 0 Å². The number of esters is 4. The second kappa shape index (κ2) is 68.8. The van der Waals surface area contributed by atoms with Gasteiger partial charge in [0.25, 0.3) is 0 Å². The summed E-state index contributed by atoms with van der Waals surface area (Å²) in [5, 5.41) is 10.6. The van der Waals surface area contributed by atoms with Crippen molar-refractivity contribution >= 4 is 39.5 Å². The van der Waals surface area contributed by atoms with Crippen LogP contribution in [0.5, 0.6) is 0 Å². The maximum Gasteiger partial charge on any atom is 0.472 e. The first kappa shape index (κ1) is 94.1. The molecule has 96 heavy (non-hydrogen) atoms. The summed E-state index contributed by atoms with van der Waals surface area (Å²) in [4.78, 5) is 72.8. The van der Waals surface area contributed by atoms with E-state index < -0.39 is 97.5 Å². The quantitative estimate of drug-likeness (QED) is 0.0222. The fraction of sp³-hybridized carbons (Fsp3) is 0.948. The zero-order valence-corrected chi connectivity index (χ0v) is 64.5. The van der Waals surface area contributed by atoms with Crippen molar-refractivity contribution in [2.75, 3.05) is 39.6 Å². The van der Waals surface area contributed by atoms with E-state index in [1.807, 2.05) is 0 Å². The molecule has 0 rings (SSSR count). The topological polar surface area (TPSA) is 237 Å². The number of hydrogen-bond acceptors (Lipinski definition) is 15. The predicted molar refractivity (Wildman–Crippen MR) is 391 cm³/mol. The smallest absolute Gasteiger partial charge is 0.462 e. The van der Waals surface area contributed by atoms with Gasteiger partial charge < -0.3 is 33.8 Å². The molecule has 0 spiro atoms. The van der Waals surface area contributed by atoms with Gasteiger partial charge >= 0.3 is 39.5 Å². The van der Waals surface area contributed by atoms with Crippen LogP contribution in [0.25, 0.3) is 0 Å². The summed E-state index contributed by atoms with van der Waals surface area (Å²) < 4.78 is 68.5. The normalized spacial score (nSPS) is 14.3. The fourth-order valence-corrected chi connectivity index (χ4v) is 13.4. The molecule has 17 nitrogen and oxygen atoms in total. The molecule has 0 saturated carbocycles. The molecule has 0 aliphatic carbocycles. The molecule has 3 unspecified atom stereocenters. The number of carbonyl (C=O) groups is 4. The third-order valence-corrected chi connectivity index (χ3v) is 20.2. The molecular formula is C77H150O17P2. The molecule has 0 fully saturated rings. The average molecular weight is 1410 g/mol. The Morgan fingerprint density at radius 2 is 0.531 bits per heavy atom. The van der Waals surface area contributed by atoms with Crippen LogP contribution in [0.1, 0.15) is 401 Å². The minimum absolute atomic E-state index is 0.105. The van der Waals surface area contributed by atoms with Crippen molar-refractivity contribution in [1.29, 1.82) is 0 Å². The Bertz CT molecular complexity index is 1860. The maximum atomic E-state index is 13.1. The van der Waals surface area contributed by atoms with E-state index in [0.717, 1.165) is 102 Å². The first-order chi connectivity index (χ1) is 46.4. The lowest BCUT2D eigenvalue weighted by Gasteiger charge is -2.21. The largest absolute Gasteiger partial charge is 0.472 e. The Hall–Kier alpha value is -1.94. The van der Waals surface area contributed by atoms with E-state index in [2.05, 4.69) is 41.5 Å². The summed E-state index contributed by atoms with van der Waals surface area (Å²) in [6.45, 7) is 9.57. The highest BCUT2D eigenvalue weighted by Crippen LogP contribution is 2.45. The van der Waals surface area contributed by atoms with Crippen molar-refractivity contribution in [3.05, 3.63) is 0 Å². The number of hydrogen-bond donors (Lipinski definition) is 3. The molecule has 0 amide bonds. The summed E-state index contributed by atoms with van der Waals surface area (Å²) in [5.74, 6) is -0.603. The molecule has 570 valence electrons. The standard InChI is InChI=1S/C77H150O17P2/c1-7-10-12-14-16-18-20-21-22-23-24-25-26-27-28-29-31-35-43-49-55-61-76(81)93-72(65-88-75(80)60-54-48-42-36-32-33-39-45-51-57-69(4)5)67-91-95(83,84)89-63-71(78)64-90-96(85,86)92-68-73(66-87-74(79)59-53-47-41-34-30-19-17-15-13-11-8-2)94-77(82)62-56-50-44-38-37-40-46-52-58-70(6)9-3/h69-73,78H,7-68H2,1-6H3,(H,83,84)(H,85,86)/t70?,71-,72-,73-/m1/s1. The summed E-state index contributed by atoms with van der Waals surface area (Å²) in [6.07, 6.45) is 56.9. The van der Waals surface area contributed by atoms with Crippen molar-refractivity contribution in [1.82, 2.24) is 0 Å². The Labute approximate surface area is 588 Å². The highest BCUT2D eigenvalue weighted by atomic mass is 31.2. The molecule has 0 saturated heterocycles. The van der Waals surface area contributed by atoms with Gasteiger partial charge in [-0.3, -0.25) is 37.3 Å². The van der Waals surface area contributed by atoms with E-state index in [1.165, 1.54) is 218 Å². The van der Waals surface area contributed by atoms with Gasteiger partial charge in [-0.2, -0.15) is 0 Å². The second-order valence-electron chi connectivity index (χ2n) is 28.5. The fourth-order valence-electron chi connectivity index (χ4n) is 11.8. The predicted octanol–water partition coefficient (Wildman–Crippen LogP) is 22.7. The molecule has 0 aliphatic rings. The molecular weight excluding hydrogens is 1260 g/mol. The molecule has 0 aromatic rings. The molecule has 0 aromatic carbocycles. The van der Waals surface area contributed by atoms with E-state index in [9.17, 15) is 43.2 Å². The molecule has 19 heteroatoms. The minimum Gasteiger partial charge on any atom is -0.462 e. The number of carbonyl (C=O) groups excluding carboxylic acids is 4. The van der Waals surface area contributed by atoms with Gasteiger partial charge in [-0.1, -0.05) is 350 Å². The van der Waals surface area contributed by atoms with Crippen molar-refractivity contribution < 1.29 is 80.2 Å². The van der Waals surface area contributed by atoms with Gasteiger partial charge in [-0.25, -0.2) is 9.13 Å². The summed E-state index contributed by atoms with van der Waals surface area (Å²) >= 11 is 0. The first-order valence-corrected chi connectivity index (χ1v) is 43.0. The van der Waals surface area contributed by atoms with Gasteiger partial charge in [0.2, 0.25) is 0 Å². The lowest BCUT2D eigenvalue weighted by Crippen LogP contribution is -2.30. The van der Waals surface area contributed by atoms with Crippen molar-refractivity contribution in [2.45, 2.75) is 419 Å². The molecule has 3 N–H and O–H groups in total. The van der Waals surface area contributed by atoms with Crippen LogP contribution in [0.2, 0.25) is 0 Å². The summed E-state index contributed by atoms with van der Waals surface area (Å²) in [6, 6.07) is 0. The Morgan fingerprint density at radius 3 is 0.792 bits per heavy atom. The molecule has 0 bridgehead atoms. The Kier molecular flexibility index (Phi) is 67.4. The second-order valence-corrected chi connectivity index (χ2v) is 31.4. The Balaban J connectivity index is 5.20. The lowest BCUT2D eigenvalue weighted by atomic mass is 9.99. The first-order valence-electron chi connectivity index (χ1n) is 40.0. The van der Waals surface area contributed by atoms with Gasteiger partial charge in [0, 0.05) is 25.7 Å². The van der Waals surface area contributed by atoms with Gasteiger partial charge in [-0.15, -0.1) is 0 Å². The summed E-state index contributed by atoms with van der Waals surface area (Å²) in [7, 11) is -9.91. The van der Waals surface area contributed by atoms with Crippen LogP contribution in [0.4, 0.5) is 0 Å². The van der Waals surface area contributed by atoms with E-state index >= 15 is 0 Å². The number of ether oxygens (including phenoxy) is 4. The number of aliphatic hydroxyl groups excluding tert-OH is 1. The van der Waals surface area contributed by atoms with Crippen LogP contribution in [0.15, 0.2) is 0 Å². The molecule has 0 aliphatic heterocycles. The van der Waals surface area contributed by atoms with Gasteiger partial charge in [0.05, 0.1) is 26.4 Å². The van der Waals surface area contributed by atoms with Crippen molar-refractivity contribution in [3.63, 3.8) is 0 Å². The molecule has 0 heterocycles. The third kappa shape index (κ3) is 69.2. The third-order valence-electron chi connectivity index (χ3n) is 18.3. The zero-order chi connectivity index (χ0) is 70.7.